The van der Waals surface area contributed by atoms with Crippen molar-refractivity contribution in [3.05, 3.63) is 54.0 Å². The van der Waals surface area contributed by atoms with Gasteiger partial charge in [0, 0.05) is 38.1 Å². The number of nitrogens with zero attached hydrogens (tertiary/aromatic N) is 3. The summed E-state index contributed by atoms with van der Waals surface area (Å²) >= 11 is 0. The summed E-state index contributed by atoms with van der Waals surface area (Å²) in [5.74, 6) is 0.906. The zero-order chi connectivity index (χ0) is 12.8. The maximum atomic E-state index is 8.96. The molecule has 4 heteroatoms. The predicted octanol–water partition coefficient (Wildman–Crippen LogP) is 1.65. The lowest BCUT2D eigenvalue weighted by molar-refractivity contribution is 0.281. The third-order valence-electron chi connectivity index (χ3n) is 2.81. The van der Waals surface area contributed by atoms with Crippen molar-refractivity contribution in [3.8, 4) is 0 Å². The van der Waals surface area contributed by atoms with Crippen LogP contribution in [0.15, 0.2) is 42.7 Å². The van der Waals surface area contributed by atoms with Gasteiger partial charge < -0.3 is 10.0 Å². The van der Waals surface area contributed by atoms with Gasteiger partial charge in [-0.05, 0) is 23.8 Å². The van der Waals surface area contributed by atoms with Crippen molar-refractivity contribution >= 4 is 5.82 Å². The van der Waals surface area contributed by atoms with Gasteiger partial charge in [0.1, 0.15) is 5.82 Å². The largest absolute Gasteiger partial charge is 0.392 e. The number of aliphatic hydroxyl groups is 1. The number of aromatic nitrogens is 2. The Balaban J connectivity index is 1.93. The Morgan fingerprint density at radius 1 is 1.17 bits per heavy atom. The third kappa shape index (κ3) is 3.28. The molecule has 1 N–H and O–H groups in total. The van der Waals surface area contributed by atoms with E-state index in [1.54, 1.807) is 6.20 Å². The van der Waals surface area contributed by atoms with Crippen molar-refractivity contribution in [2.45, 2.75) is 13.0 Å². The molecule has 0 aliphatic rings. The van der Waals surface area contributed by atoms with Gasteiger partial charge >= 0.3 is 0 Å². The molecule has 0 atom stereocenters. The maximum Gasteiger partial charge on any atom is 0.128 e. The normalized spacial score (nSPS) is 10.3. The maximum absolute atomic E-state index is 8.96. The lowest BCUT2D eigenvalue weighted by atomic mass is 10.2. The first-order valence-electron chi connectivity index (χ1n) is 5.96. The molecule has 0 aliphatic carbocycles. The Kier molecular flexibility index (Phi) is 4.25. The Hall–Kier alpha value is -1.94. The monoisotopic (exact) mass is 243 g/mol. The van der Waals surface area contributed by atoms with Gasteiger partial charge in [0.15, 0.2) is 0 Å². The van der Waals surface area contributed by atoms with E-state index in [0.29, 0.717) is 0 Å². The highest BCUT2D eigenvalue weighted by Gasteiger charge is 2.03. The number of likely N-dealkylation sites (N-methyl/N-ethyl adjacent to an activating group) is 1. The average molecular weight is 243 g/mol. The van der Waals surface area contributed by atoms with Gasteiger partial charge in [0.05, 0.1) is 6.61 Å². The molecular formula is C14H17N3O. The molecule has 2 heterocycles. The van der Waals surface area contributed by atoms with E-state index in [4.69, 9.17) is 5.11 Å². The number of pyridine rings is 2. The van der Waals surface area contributed by atoms with Crippen LogP contribution >= 0.6 is 0 Å². The Bertz CT molecular complexity index is 470. The molecule has 94 valence electrons. The molecule has 0 unspecified atom stereocenters. The van der Waals surface area contributed by atoms with Crippen LogP contribution in [0.1, 0.15) is 11.3 Å². The zero-order valence-electron chi connectivity index (χ0n) is 10.5. The molecule has 0 saturated heterocycles. The molecule has 0 bridgehead atoms. The lowest BCUT2D eigenvalue weighted by Crippen LogP contribution is -2.21. The number of rotatable bonds is 5. The number of hydrogen-bond acceptors (Lipinski definition) is 4. The first-order chi connectivity index (χ1) is 8.79. The minimum absolute atomic E-state index is 0.0327. The van der Waals surface area contributed by atoms with E-state index in [0.717, 1.165) is 30.0 Å². The minimum atomic E-state index is 0.0327. The fourth-order valence-electron chi connectivity index (χ4n) is 1.68. The highest BCUT2D eigenvalue weighted by molar-refractivity contribution is 5.38. The molecule has 2 aromatic heterocycles. The minimum Gasteiger partial charge on any atom is -0.392 e. The van der Waals surface area contributed by atoms with Gasteiger partial charge in [-0.15, -0.1) is 0 Å². The van der Waals surface area contributed by atoms with E-state index in [1.165, 1.54) is 0 Å². The molecule has 0 fully saturated rings. The summed E-state index contributed by atoms with van der Waals surface area (Å²) in [6, 6.07) is 9.75. The molecule has 2 rings (SSSR count). The van der Waals surface area contributed by atoms with Crippen LogP contribution in [0.25, 0.3) is 0 Å². The third-order valence-corrected chi connectivity index (χ3v) is 2.81. The van der Waals surface area contributed by atoms with Crippen LogP contribution in [0.5, 0.6) is 0 Å². The second-order valence-electron chi connectivity index (χ2n) is 4.18. The van der Waals surface area contributed by atoms with Crippen molar-refractivity contribution in [1.29, 1.82) is 0 Å². The van der Waals surface area contributed by atoms with Gasteiger partial charge in [-0.2, -0.15) is 0 Å². The summed E-state index contributed by atoms with van der Waals surface area (Å²) in [6.45, 7) is 0.896. The van der Waals surface area contributed by atoms with Crippen LogP contribution in [0, 0.1) is 0 Å². The van der Waals surface area contributed by atoms with Gasteiger partial charge in [0.2, 0.25) is 0 Å². The van der Waals surface area contributed by atoms with Crippen molar-refractivity contribution in [2.75, 3.05) is 18.5 Å². The van der Waals surface area contributed by atoms with Gasteiger partial charge in [-0.3, -0.25) is 4.98 Å². The second kappa shape index (κ2) is 6.12. The van der Waals surface area contributed by atoms with E-state index in [9.17, 15) is 0 Å². The van der Waals surface area contributed by atoms with Crippen molar-refractivity contribution in [2.24, 2.45) is 0 Å². The van der Waals surface area contributed by atoms with Crippen LogP contribution < -0.4 is 4.90 Å². The summed E-state index contributed by atoms with van der Waals surface area (Å²) in [5.41, 5.74) is 1.91. The predicted molar refractivity (Wildman–Crippen MR) is 71.4 cm³/mol. The van der Waals surface area contributed by atoms with Crippen molar-refractivity contribution in [3.63, 3.8) is 0 Å². The van der Waals surface area contributed by atoms with E-state index in [-0.39, 0.29) is 6.61 Å². The van der Waals surface area contributed by atoms with Crippen LogP contribution in [0.4, 0.5) is 5.82 Å². The average Bonchev–Trinajstić information content (AvgIpc) is 2.46. The SMILES string of the molecule is CN(CCc1ccccn1)c1ccc(CO)cn1. The standard InChI is InChI=1S/C14H17N3O/c1-17(9-7-13-4-2-3-8-15-13)14-6-5-12(11-18)10-16-14/h2-6,8,10,18H,7,9,11H2,1H3. The van der Waals surface area contributed by atoms with Crippen molar-refractivity contribution < 1.29 is 5.11 Å². The van der Waals surface area contributed by atoms with Crippen LogP contribution in [-0.4, -0.2) is 28.7 Å². The number of aliphatic hydroxyl groups excluding tert-OH is 1. The lowest BCUT2D eigenvalue weighted by Gasteiger charge is -2.17. The quantitative estimate of drug-likeness (QED) is 0.867. The Labute approximate surface area is 107 Å². The van der Waals surface area contributed by atoms with Gasteiger partial charge in [-0.25, -0.2) is 4.98 Å². The van der Waals surface area contributed by atoms with E-state index >= 15 is 0 Å². The highest BCUT2D eigenvalue weighted by atomic mass is 16.3. The molecule has 0 radical (unpaired) electrons. The van der Waals surface area contributed by atoms with Crippen LogP contribution in [-0.2, 0) is 13.0 Å². The Morgan fingerprint density at radius 3 is 2.67 bits per heavy atom. The topological polar surface area (TPSA) is 49.2 Å². The van der Waals surface area contributed by atoms with Crippen LogP contribution in [0.3, 0.4) is 0 Å². The summed E-state index contributed by atoms with van der Waals surface area (Å²) < 4.78 is 0. The van der Waals surface area contributed by atoms with Gasteiger partial charge in [-0.1, -0.05) is 12.1 Å². The number of anilines is 1. The van der Waals surface area contributed by atoms with E-state index < -0.39 is 0 Å². The first kappa shape index (κ1) is 12.5. The fourth-order valence-corrected chi connectivity index (χ4v) is 1.68. The second-order valence-corrected chi connectivity index (χ2v) is 4.18. The number of hydrogen-bond donors (Lipinski definition) is 1. The molecule has 0 aromatic carbocycles. The first-order valence-corrected chi connectivity index (χ1v) is 5.96. The van der Waals surface area contributed by atoms with Crippen molar-refractivity contribution in [1.82, 2.24) is 9.97 Å². The summed E-state index contributed by atoms with van der Waals surface area (Å²) in [7, 11) is 2.00. The van der Waals surface area contributed by atoms with Crippen LogP contribution in [0.2, 0.25) is 0 Å². The molecule has 0 amide bonds. The zero-order valence-corrected chi connectivity index (χ0v) is 10.5. The van der Waals surface area contributed by atoms with E-state index in [1.807, 2.05) is 43.6 Å². The summed E-state index contributed by atoms with van der Waals surface area (Å²) in [6.07, 6.45) is 4.40. The molecule has 2 aromatic rings. The summed E-state index contributed by atoms with van der Waals surface area (Å²) in [5, 5.41) is 8.96. The molecule has 0 aliphatic heterocycles. The molecule has 0 spiro atoms. The molecular weight excluding hydrogens is 226 g/mol. The fraction of sp³-hybridized carbons (Fsp3) is 0.286. The summed E-state index contributed by atoms with van der Waals surface area (Å²) in [4.78, 5) is 10.7. The molecule has 4 nitrogen and oxygen atoms in total. The smallest absolute Gasteiger partial charge is 0.128 e. The molecule has 18 heavy (non-hydrogen) atoms. The highest BCUT2D eigenvalue weighted by Crippen LogP contribution is 2.10. The molecule has 0 saturated carbocycles. The van der Waals surface area contributed by atoms with Gasteiger partial charge in [0.25, 0.3) is 0 Å². The Morgan fingerprint density at radius 2 is 2.06 bits per heavy atom. The van der Waals surface area contributed by atoms with E-state index in [2.05, 4.69) is 14.9 Å².